The second-order valence-corrected chi connectivity index (χ2v) is 11.9. The van der Waals surface area contributed by atoms with Crippen molar-refractivity contribution in [3.63, 3.8) is 0 Å². The monoisotopic (exact) mass is 540 g/mol. The predicted molar refractivity (Wildman–Crippen MR) is 139 cm³/mol. The van der Waals surface area contributed by atoms with E-state index in [-0.39, 0.29) is 5.91 Å². The van der Waals surface area contributed by atoms with Crippen LogP contribution in [0.15, 0.2) is 34.9 Å². The maximum atomic E-state index is 12.8. The SMILES string of the molecule is CN1CCN(C(=O)c2ccc(Nc3ncc(Br)c(N[C@H]4C5CC6CC4C[C@](O)(C6)C5)n3)cc2)CC1. The molecule has 35 heavy (non-hydrogen) atoms. The summed E-state index contributed by atoms with van der Waals surface area (Å²) >= 11 is 3.61. The van der Waals surface area contributed by atoms with Crippen LogP contribution in [0.1, 0.15) is 42.5 Å². The van der Waals surface area contributed by atoms with E-state index < -0.39 is 5.60 Å². The van der Waals surface area contributed by atoms with E-state index in [1.54, 1.807) is 6.20 Å². The molecule has 8 nitrogen and oxygen atoms in total. The van der Waals surface area contributed by atoms with E-state index in [0.29, 0.717) is 35.3 Å². The molecule has 3 N–H and O–H groups in total. The van der Waals surface area contributed by atoms with E-state index in [1.807, 2.05) is 29.2 Å². The molecule has 2 aromatic rings. The molecular formula is C26H33BrN6O2. The Morgan fingerprint density at radius 1 is 1.09 bits per heavy atom. The fourth-order valence-corrected chi connectivity index (χ4v) is 7.23. The minimum atomic E-state index is -0.442. The van der Waals surface area contributed by atoms with E-state index in [4.69, 9.17) is 4.98 Å². The Morgan fingerprint density at radius 2 is 1.77 bits per heavy atom. The van der Waals surface area contributed by atoms with Crippen LogP contribution in [0.5, 0.6) is 0 Å². The molecule has 1 aliphatic heterocycles. The van der Waals surface area contributed by atoms with Crippen molar-refractivity contribution >= 4 is 39.3 Å². The Balaban J connectivity index is 1.12. The van der Waals surface area contributed by atoms with Crippen LogP contribution in [0.25, 0.3) is 0 Å². The second-order valence-electron chi connectivity index (χ2n) is 11.1. The van der Waals surface area contributed by atoms with Gasteiger partial charge in [-0.1, -0.05) is 0 Å². The van der Waals surface area contributed by atoms with E-state index in [0.717, 1.165) is 61.4 Å². The lowest BCUT2D eigenvalue weighted by atomic mass is 9.52. The van der Waals surface area contributed by atoms with Crippen LogP contribution in [0, 0.1) is 17.8 Å². The highest BCUT2D eigenvalue weighted by molar-refractivity contribution is 9.10. The maximum Gasteiger partial charge on any atom is 0.253 e. The van der Waals surface area contributed by atoms with E-state index in [1.165, 1.54) is 12.8 Å². The number of rotatable bonds is 5. The average Bonchev–Trinajstić information content (AvgIpc) is 2.83. The third kappa shape index (κ3) is 4.66. The second kappa shape index (κ2) is 9.01. The van der Waals surface area contributed by atoms with Gasteiger partial charge in [-0.3, -0.25) is 4.79 Å². The molecule has 1 amide bonds. The number of aliphatic hydroxyl groups is 1. The van der Waals surface area contributed by atoms with E-state index >= 15 is 0 Å². The molecule has 5 aliphatic rings. The lowest BCUT2D eigenvalue weighted by Crippen LogP contribution is -2.59. The Morgan fingerprint density at radius 3 is 2.43 bits per heavy atom. The third-order valence-corrected chi connectivity index (χ3v) is 9.05. The summed E-state index contributed by atoms with van der Waals surface area (Å²) in [5, 5.41) is 17.9. The summed E-state index contributed by atoms with van der Waals surface area (Å²) in [6.45, 7) is 3.35. The van der Waals surface area contributed by atoms with Crippen molar-refractivity contribution in [1.82, 2.24) is 19.8 Å². The molecule has 1 saturated heterocycles. The van der Waals surface area contributed by atoms with Crippen LogP contribution < -0.4 is 10.6 Å². The number of amides is 1. The summed E-state index contributed by atoms with van der Waals surface area (Å²) in [5.74, 6) is 3.04. The van der Waals surface area contributed by atoms with Gasteiger partial charge in [0, 0.05) is 49.7 Å². The first-order chi connectivity index (χ1) is 16.8. The average molecular weight is 541 g/mol. The summed E-state index contributed by atoms with van der Waals surface area (Å²) < 4.78 is 0.837. The van der Waals surface area contributed by atoms with Crippen molar-refractivity contribution in [2.75, 3.05) is 43.9 Å². The van der Waals surface area contributed by atoms with Crippen molar-refractivity contribution in [3.8, 4) is 0 Å². The molecule has 1 aromatic carbocycles. The van der Waals surface area contributed by atoms with Crippen LogP contribution in [0.2, 0.25) is 0 Å². The lowest BCUT2D eigenvalue weighted by Gasteiger charge is -2.58. The molecule has 7 rings (SSSR count). The molecule has 9 heteroatoms. The molecule has 2 atom stereocenters. The van der Waals surface area contributed by atoms with Gasteiger partial charge in [-0.2, -0.15) is 4.98 Å². The molecule has 4 bridgehead atoms. The summed E-state index contributed by atoms with van der Waals surface area (Å²) in [7, 11) is 2.08. The Bertz CT molecular complexity index is 1090. The van der Waals surface area contributed by atoms with Gasteiger partial charge in [-0.05, 0) is 97.1 Å². The van der Waals surface area contributed by atoms with Crippen molar-refractivity contribution in [2.24, 2.45) is 17.8 Å². The number of piperazine rings is 1. The van der Waals surface area contributed by atoms with E-state index in [9.17, 15) is 9.90 Å². The number of hydrogen-bond acceptors (Lipinski definition) is 7. The van der Waals surface area contributed by atoms with Crippen molar-refractivity contribution < 1.29 is 9.90 Å². The first-order valence-corrected chi connectivity index (χ1v) is 13.5. The topological polar surface area (TPSA) is 93.6 Å². The fourth-order valence-electron chi connectivity index (χ4n) is 6.92. The predicted octanol–water partition coefficient (Wildman–Crippen LogP) is 3.72. The van der Waals surface area contributed by atoms with Gasteiger partial charge in [-0.25, -0.2) is 4.98 Å². The van der Waals surface area contributed by atoms with Gasteiger partial charge in [-0.15, -0.1) is 0 Å². The highest BCUT2D eigenvalue weighted by Crippen LogP contribution is 2.56. The van der Waals surface area contributed by atoms with Crippen molar-refractivity contribution in [1.29, 1.82) is 0 Å². The molecule has 4 saturated carbocycles. The molecule has 1 aromatic heterocycles. The fraction of sp³-hybridized carbons (Fsp3) is 0.577. The molecule has 4 aliphatic carbocycles. The van der Waals surface area contributed by atoms with Crippen LogP contribution in [-0.2, 0) is 0 Å². The lowest BCUT2D eigenvalue weighted by molar-refractivity contribution is -0.129. The number of benzene rings is 1. The smallest absolute Gasteiger partial charge is 0.253 e. The minimum absolute atomic E-state index is 0.0800. The van der Waals surface area contributed by atoms with Gasteiger partial charge < -0.3 is 25.5 Å². The van der Waals surface area contributed by atoms with Crippen LogP contribution >= 0.6 is 15.9 Å². The van der Waals surface area contributed by atoms with Crippen LogP contribution in [-0.4, -0.2) is 75.7 Å². The van der Waals surface area contributed by atoms with Gasteiger partial charge in [0.15, 0.2) is 0 Å². The highest BCUT2D eigenvalue weighted by atomic mass is 79.9. The first kappa shape index (κ1) is 23.2. The van der Waals surface area contributed by atoms with Crippen LogP contribution in [0.3, 0.4) is 0 Å². The normalized spacial score (nSPS) is 32.0. The van der Waals surface area contributed by atoms with Crippen LogP contribution in [0.4, 0.5) is 17.5 Å². The van der Waals surface area contributed by atoms with Gasteiger partial charge in [0.2, 0.25) is 5.95 Å². The molecule has 0 radical (unpaired) electrons. The minimum Gasteiger partial charge on any atom is -0.390 e. The van der Waals surface area contributed by atoms with Gasteiger partial charge in [0.05, 0.1) is 10.1 Å². The van der Waals surface area contributed by atoms with Crippen molar-refractivity contribution in [2.45, 2.75) is 43.7 Å². The van der Waals surface area contributed by atoms with E-state index in [2.05, 4.69) is 43.5 Å². The molecule has 5 fully saturated rings. The zero-order valence-corrected chi connectivity index (χ0v) is 21.7. The zero-order chi connectivity index (χ0) is 24.2. The number of anilines is 3. The largest absolute Gasteiger partial charge is 0.390 e. The standard InChI is InChI=1S/C26H33BrN6O2/c1-32-6-8-33(9-7-32)24(34)17-2-4-20(5-3-17)29-25-28-15-21(27)23(31-25)30-22-18-10-16-11-19(22)14-26(35,12-16)13-18/h2-5,15-16,18-19,22,35H,6-14H2,1H3,(H2,28,29,30,31)/t16?,18?,19?,22-,26-. The number of aromatic nitrogens is 2. The number of nitrogens with zero attached hydrogens (tertiary/aromatic N) is 4. The Kier molecular flexibility index (Phi) is 5.97. The molecular weight excluding hydrogens is 508 g/mol. The number of carbonyl (C=O) groups is 1. The van der Waals surface area contributed by atoms with Crippen molar-refractivity contribution in [3.05, 3.63) is 40.5 Å². The summed E-state index contributed by atoms with van der Waals surface area (Å²) in [6, 6.07) is 7.87. The highest BCUT2D eigenvalue weighted by Gasteiger charge is 2.54. The molecule has 0 spiro atoms. The molecule has 186 valence electrons. The zero-order valence-electron chi connectivity index (χ0n) is 20.1. The number of likely N-dealkylation sites (N-methyl/N-ethyl adjacent to an activating group) is 1. The quantitative estimate of drug-likeness (QED) is 0.532. The Hall–Kier alpha value is -2.23. The number of nitrogens with one attached hydrogen (secondary N) is 2. The molecule has 2 unspecified atom stereocenters. The number of carbonyl (C=O) groups excluding carboxylic acids is 1. The number of hydrogen-bond donors (Lipinski definition) is 3. The van der Waals surface area contributed by atoms with Gasteiger partial charge in [0.1, 0.15) is 5.82 Å². The van der Waals surface area contributed by atoms with Gasteiger partial charge >= 0.3 is 0 Å². The summed E-state index contributed by atoms with van der Waals surface area (Å²) in [6.07, 6.45) is 6.94. The van der Waals surface area contributed by atoms with Gasteiger partial charge in [0.25, 0.3) is 5.91 Å². The summed E-state index contributed by atoms with van der Waals surface area (Å²) in [5.41, 5.74) is 1.09. The third-order valence-electron chi connectivity index (χ3n) is 8.47. The first-order valence-electron chi connectivity index (χ1n) is 12.7. The Labute approximate surface area is 214 Å². The molecule has 2 heterocycles. The maximum absolute atomic E-state index is 12.8. The number of halogens is 1. The summed E-state index contributed by atoms with van der Waals surface area (Å²) in [4.78, 5) is 26.2.